The monoisotopic (exact) mass is 264 g/mol. The van der Waals surface area contributed by atoms with E-state index < -0.39 is 0 Å². The largest absolute Gasteiger partial charge is 0.496 e. The van der Waals surface area contributed by atoms with Crippen molar-refractivity contribution < 1.29 is 14.3 Å². The van der Waals surface area contributed by atoms with E-state index in [-0.39, 0.29) is 5.91 Å². The number of rotatable bonds is 7. The zero-order valence-corrected chi connectivity index (χ0v) is 10.9. The van der Waals surface area contributed by atoms with Crippen LogP contribution >= 0.6 is 0 Å². The molecule has 0 saturated heterocycles. The molecule has 0 bridgehead atoms. The lowest BCUT2D eigenvalue weighted by Gasteiger charge is -2.12. The summed E-state index contributed by atoms with van der Waals surface area (Å²) in [6, 6.07) is 5.13. The fourth-order valence-corrected chi connectivity index (χ4v) is 1.56. The third-order valence-corrected chi connectivity index (χ3v) is 2.44. The quantitative estimate of drug-likeness (QED) is 0.353. The first-order valence-corrected chi connectivity index (χ1v) is 5.74. The predicted octanol–water partition coefficient (Wildman–Crippen LogP) is 2.13. The van der Waals surface area contributed by atoms with Gasteiger partial charge in [-0.2, -0.15) is 0 Å². The van der Waals surface area contributed by atoms with Crippen molar-refractivity contribution in [2.75, 3.05) is 27.3 Å². The van der Waals surface area contributed by atoms with Gasteiger partial charge in [0.1, 0.15) is 17.1 Å². The number of methoxy groups -OCH3 is 2. The van der Waals surface area contributed by atoms with Crippen molar-refractivity contribution in [2.45, 2.75) is 6.42 Å². The van der Waals surface area contributed by atoms with Crippen molar-refractivity contribution in [3.8, 4) is 11.5 Å². The third-order valence-electron chi connectivity index (χ3n) is 2.44. The van der Waals surface area contributed by atoms with Gasteiger partial charge in [-0.1, -0.05) is 11.2 Å². The lowest BCUT2D eigenvalue weighted by molar-refractivity contribution is 0.0947. The van der Waals surface area contributed by atoms with Crippen molar-refractivity contribution in [1.82, 2.24) is 5.32 Å². The summed E-state index contributed by atoms with van der Waals surface area (Å²) < 4.78 is 10.3. The van der Waals surface area contributed by atoms with Crippen LogP contribution in [0.4, 0.5) is 0 Å². The molecule has 102 valence electrons. The highest BCUT2D eigenvalue weighted by Gasteiger charge is 2.17. The van der Waals surface area contributed by atoms with Crippen molar-refractivity contribution in [2.24, 2.45) is 5.11 Å². The lowest BCUT2D eigenvalue weighted by Crippen LogP contribution is -2.25. The van der Waals surface area contributed by atoms with Crippen molar-refractivity contribution in [3.05, 3.63) is 34.2 Å². The number of azide groups is 1. The summed E-state index contributed by atoms with van der Waals surface area (Å²) in [6.07, 6.45) is 0.577. The van der Waals surface area contributed by atoms with E-state index in [0.717, 1.165) is 0 Å². The van der Waals surface area contributed by atoms with Gasteiger partial charge in [0.05, 0.1) is 14.2 Å². The van der Waals surface area contributed by atoms with E-state index >= 15 is 0 Å². The van der Waals surface area contributed by atoms with Gasteiger partial charge in [-0.05, 0) is 24.1 Å². The van der Waals surface area contributed by atoms with Gasteiger partial charge in [0, 0.05) is 18.0 Å². The highest BCUT2D eigenvalue weighted by Crippen LogP contribution is 2.27. The Morgan fingerprint density at radius 2 is 2.00 bits per heavy atom. The molecule has 1 aromatic carbocycles. The molecule has 0 fully saturated rings. The third kappa shape index (κ3) is 4.08. The lowest BCUT2D eigenvalue weighted by atomic mass is 10.1. The smallest absolute Gasteiger partial charge is 0.258 e. The number of hydrogen-bond acceptors (Lipinski definition) is 4. The minimum atomic E-state index is -0.282. The Labute approximate surface area is 111 Å². The number of carbonyl (C=O) groups excluding carboxylic acids is 1. The van der Waals surface area contributed by atoms with Gasteiger partial charge in [0.2, 0.25) is 0 Å². The average Bonchev–Trinajstić information content (AvgIpc) is 2.45. The van der Waals surface area contributed by atoms with E-state index in [1.54, 1.807) is 18.2 Å². The Hall–Kier alpha value is -2.40. The SMILES string of the molecule is COc1cccc(OC)c1C(=O)NCCCN=[N+]=[N-]. The molecule has 0 spiro atoms. The van der Waals surface area contributed by atoms with Crippen molar-refractivity contribution >= 4 is 5.91 Å². The molecule has 7 nitrogen and oxygen atoms in total. The molecule has 0 aliphatic heterocycles. The zero-order chi connectivity index (χ0) is 14.1. The van der Waals surface area contributed by atoms with Crippen LogP contribution in [-0.2, 0) is 0 Å². The molecule has 1 N–H and O–H groups in total. The summed E-state index contributed by atoms with van der Waals surface area (Å²) >= 11 is 0. The van der Waals surface area contributed by atoms with Crippen LogP contribution in [0.5, 0.6) is 11.5 Å². The van der Waals surface area contributed by atoms with E-state index in [0.29, 0.717) is 36.6 Å². The second kappa shape index (κ2) is 7.84. The molecule has 0 atom stereocenters. The van der Waals surface area contributed by atoms with Crippen LogP contribution in [0.2, 0.25) is 0 Å². The van der Waals surface area contributed by atoms with Crippen LogP contribution in [0, 0.1) is 0 Å². The molecule has 0 unspecified atom stereocenters. The summed E-state index contributed by atoms with van der Waals surface area (Å²) in [5.41, 5.74) is 8.48. The van der Waals surface area contributed by atoms with Crippen LogP contribution in [-0.4, -0.2) is 33.2 Å². The molecule has 0 heterocycles. The van der Waals surface area contributed by atoms with Crippen LogP contribution in [0.1, 0.15) is 16.8 Å². The molecular formula is C12H16N4O3. The molecule has 0 aliphatic carbocycles. The van der Waals surface area contributed by atoms with Gasteiger partial charge in [0.15, 0.2) is 0 Å². The highest BCUT2D eigenvalue weighted by atomic mass is 16.5. The first-order valence-electron chi connectivity index (χ1n) is 5.74. The normalized spacial score (nSPS) is 9.37. The zero-order valence-electron chi connectivity index (χ0n) is 10.9. The maximum absolute atomic E-state index is 12.1. The molecule has 0 radical (unpaired) electrons. The van der Waals surface area contributed by atoms with E-state index in [2.05, 4.69) is 15.3 Å². The highest BCUT2D eigenvalue weighted by molar-refractivity contribution is 5.99. The van der Waals surface area contributed by atoms with E-state index in [9.17, 15) is 4.79 Å². The van der Waals surface area contributed by atoms with E-state index in [1.807, 2.05) is 0 Å². The Morgan fingerprint density at radius 3 is 2.53 bits per heavy atom. The number of hydrogen-bond donors (Lipinski definition) is 1. The van der Waals surface area contributed by atoms with Crippen LogP contribution in [0.25, 0.3) is 10.4 Å². The predicted molar refractivity (Wildman–Crippen MR) is 70.5 cm³/mol. The standard InChI is InChI=1S/C12H16N4O3/c1-18-9-5-3-6-10(19-2)11(9)12(17)14-7-4-8-15-16-13/h3,5-6H,4,7-8H2,1-2H3,(H,14,17). The molecule has 7 heteroatoms. The number of benzene rings is 1. The van der Waals surface area contributed by atoms with Gasteiger partial charge >= 0.3 is 0 Å². The molecule has 0 aromatic heterocycles. The number of nitrogens with one attached hydrogen (secondary N) is 1. The van der Waals surface area contributed by atoms with Gasteiger partial charge in [0.25, 0.3) is 5.91 Å². The number of carbonyl (C=O) groups is 1. The number of nitrogens with zero attached hydrogens (tertiary/aromatic N) is 3. The average molecular weight is 264 g/mol. The molecule has 0 saturated carbocycles. The Kier molecular flexibility index (Phi) is 6.05. The van der Waals surface area contributed by atoms with Gasteiger partial charge < -0.3 is 14.8 Å². The van der Waals surface area contributed by atoms with Crippen molar-refractivity contribution in [3.63, 3.8) is 0 Å². The first-order chi connectivity index (χ1) is 9.24. The number of ether oxygens (including phenoxy) is 2. The van der Waals surface area contributed by atoms with E-state index in [1.165, 1.54) is 14.2 Å². The summed E-state index contributed by atoms with van der Waals surface area (Å²) in [6.45, 7) is 0.763. The molecule has 1 amide bonds. The van der Waals surface area contributed by atoms with Crippen LogP contribution in [0.15, 0.2) is 23.3 Å². The number of amides is 1. The van der Waals surface area contributed by atoms with E-state index in [4.69, 9.17) is 15.0 Å². The Morgan fingerprint density at radius 1 is 1.37 bits per heavy atom. The summed E-state index contributed by atoms with van der Waals surface area (Å²) in [4.78, 5) is 14.7. The maximum atomic E-state index is 12.1. The maximum Gasteiger partial charge on any atom is 0.258 e. The van der Waals surface area contributed by atoms with Gasteiger partial charge in [-0.3, -0.25) is 4.79 Å². The fourth-order valence-electron chi connectivity index (χ4n) is 1.56. The van der Waals surface area contributed by atoms with Crippen LogP contribution < -0.4 is 14.8 Å². The van der Waals surface area contributed by atoms with Gasteiger partial charge in [-0.15, -0.1) is 0 Å². The summed E-state index contributed by atoms with van der Waals surface area (Å²) in [5, 5.41) is 6.11. The summed E-state index contributed by atoms with van der Waals surface area (Å²) in [5.74, 6) is 0.619. The molecule has 0 aliphatic rings. The summed E-state index contributed by atoms with van der Waals surface area (Å²) in [7, 11) is 2.99. The topological polar surface area (TPSA) is 96.3 Å². The minimum Gasteiger partial charge on any atom is -0.496 e. The second-order valence-electron chi connectivity index (χ2n) is 3.60. The Bertz CT molecular complexity index is 462. The minimum absolute atomic E-state index is 0.282. The second-order valence-corrected chi connectivity index (χ2v) is 3.60. The van der Waals surface area contributed by atoms with Crippen LogP contribution in [0.3, 0.4) is 0 Å². The molecular weight excluding hydrogens is 248 g/mol. The Balaban J connectivity index is 2.72. The van der Waals surface area contributed by atoms with Crippen molar-refractivity contribution in [1.29, 1.82) is 0 Å². The first kappa shape index (κ1) is 14.7. The van der Waals surface area contributed by atoms with Gasteiger partial charge in [-0.25, -0.2) is 0 Å². The molecule has 19 heavy (non-hydrogen) atoms. The molecule has 1 rings (SSSR count). The molecule has 1 aromatic rings. The fraction of sp³-hybridized carbons (Fsp3) is 0.417.